The van der Waals surface area contributed by atoms with Crippen molar-refractivity contribution in [1.82, 2.24) is 15.1 Å². The fourth-order valence-electron chi connectivity index (χ4n) is 2.68. The molecule has 1 aromatic carbocycles. The number of nitrogens with one attached hydrogen (secondary N) is 1. The molecule has 0 spiro atoms. The molecular formula is C18H31IN4O. The number of nitrogens with zero attached hydrogens (tertiary/aromatic N) is 3. The second-order valence-electron chi connectivity index (χ2n) is 6.79. The van der Waals surface area contributed by atoms with Gasteiger partial charge in [-0.15, -0.1) is 24.0 Å². The number of aliphatic imine (C=N–C) groups is 1. The van der Waals surface area contributed by atoms with Crippen LogP contribution in [0.15, 0.2) is 35.3 Å². The van der Waals surface area contributed by atoms with Crippen molar-refractivity contribution in [2.24, 2.45) is 4.99 Å². The molecule has 0 saturated carbocycles. The number of hydrogen-bond donors (Lipinski definition) is 1. The first-order chi connectivity index (χ1) is 11.0. The summed E-state index contributed by atoms with van der Waals surface area (Å²) in [5, 5.41) is 3.52. The zero-order valence-electron chi connectivity index (χ0n) is 15.3. The van der Waals surface area contributed by atoms with Gasteiger partial charge in [0.1, 0.15) is 0 Å². The molecule has 0 bridgehead atoms. The molecule has 24 heavy (non-hydrogen) atoms. The standard InChI is InChI=1S/C18H30N4O.HI/c1-18(2,22-10-12-23-13-11-22)15-20-17(21(3)4)19-14-16-8-6-5-7-9-16;/h5-9H,10-15H2,1-4H3,(H,19,20);1H. The van der Waals surface area contributed by atoms with Gasteiger partial charge in [0, 0.05) is 39.3 Å². The topological polar surface area (TPSA) is 40.1 Å². The highest BCUT2D eigenvalue weighted by Crippen LogP contribution is 2.15. The number of hydrogen-bond acceptors (Lipinski definition) is 3. The van der Waals surface area contributed by atoms with E-state index in [1.54, 1.807) is 0 Å². The summed E-state index contributed by atoms with van der Waals surface area (Å²) < 4.78 is 5.45. The van der Waals surface area contributed by atoms with Crippen LogP contribution in [0.2, 0.25) is 0 Å². The molecule has 6 heteroatoms. The highest BCUT2D eigenvalue weighted by atomic mass is 127. The maximum Gasteiger partial charge on any atom is 0.193 e. The molecule has 1 saturated heterocycles. The van der Waals surface area contributed by atoms with Gasteiger partial charge in [0.15, 0.2) is 5.96 Å². The SMILES string of the molecule is CN(C)C(=NCc1ccccc1)NCC(C)(C)N1CCOCC1.I. The third-order valence-electron chi connectivity index (χ3n) is 4.22. The summed E-state index contributed by atoms with van der Waals surface area (Å²) in [6.07, 6.45) is 0. The molecule has 0 amide bonds. The highest BCUT2D eigenvalue weighted by molar-refractivity contribution is 14.0. The number of morpholine rings is 1. The number of ether oxygens (including phenoxy) is 1. The Morgan fingerprint density at radius 1 is 1.21 bits per heavy atom. The molecule has 1 heterocycles. The summed E-state index contributed by atoms with van der Waals surface area (Å²) in [4.78, 5) is 9.25. The Hall–Kier alpha value is -0.860. The fourth-order valence-corrected chi connectivity index (χ4v) is 2.68. The molecule has 0 aromatic heterocycles. The minimum absolute atomic E-state index is 0. The first-order valence-electron chi connectivity index (χ1n) is 8.31. The Morgan fingerprint density at radius 2 is 1.83 bits per heavy atom. The molecule has 2 rings (SSSR count). The summed E-state index contributed by atoms with van der Waals surface area (Å²) in [6.45, 7) is 9.74. The number of halogens is 1. The Labute approximate surface area is 163 Å². The first-order valence-corrected chi connectivity index (χ1v) is 8.31. The van der Waals surface area contributed by atoms with Gasteiger partial charge < -0.3 is 15.0 Å². The van der Waals surface area contributed by atoms with Gasteiger partial charge in [-0.1, -0.05) is 30.3 Å². The van der Waals surface area contributed by atoms with E-state index in [0.717, 1.165) is 38.8 Å². The summed E-state index contributed by atoms with van der Waals surface area (Å²) in [7, 11) is 4.05. The zero-order chi connectivity index (χ0) is 16.7. The van der Waals surface area contributed by atoms with Crippen molar-refractivity contribution >= 4 is 29.9 Å². The lowest BCUT2D eigenvalue weighted by Crippen LogP contribution is -2.56. The molecule has 1 aliphatic rings. The van der Waals surface area contributed by atoms with E-state index >= 15 is 0 Å². The Kier molecular flexibility index (Phi) is 9.01. The fraction of sp³-hybridized carbons (Fsp3) is 0.611. The highest BCUT2D eigenvalue weighted by Gasteiger charge is 2.28. The lowest BCUT2D eigenvalue weighted by atomic mass is 10.0. The number of benzene rings is 1. The Bertz CT molecular complexity index is 499. The van der Waals surface area contributed by atoms with Crippen molar-refractivity contribution in [1.29, 1.82) is 0 Å². The first kappa shape index (κ1) is 21.2. The monoisotopic (exact) mass is 446 g/mol. The van der Waals surface area contributed by atoms with Gasteiger partial charge in [0.2, 0.25) is 0 Å². The average Bonchev–Trinajstić information content (AvgIpc) is 2.56. The van der Waals surface area contributed by atoms with Crippen LogP contribution >= 0.6 is 24.0 Å². The lowest BCUT2D eigenvalue weighted by Gasteiger charge is -2.41. The van der Waals surface area contributed by atoms with Crippen molar-refractivity contribution < 1.29 is 4.74 Å². The third kappa shape index (κ3) is 6.57. The molecule has 1 N–H and O–H groups in total. The van der Waals surface area contributed by atoms with Gasteiger partial charge in [-0.05, 0) is 19.4 Å². The normalized spacial score (nSPS) is 16.4. The minimum atomic E-state index is 0. The average molecular weight is 446 g/mol. The number of guanidine groups is 1. The molecule has 0 atom stereocenters. The van der Waals surface area contributed by atoms with Gasteiger partial charge in [-0.25, -0.2) is 4.99 Å². The van der Waals surface area contributed by atoms with Crippen molar-refractivity contribution in [3.8, 4) is 0 Å². The maximum absolute atomic E-state index is 5.45. The molecule has 1 aliphatic heterocycles. The summed E-state index contributed by atoms with van der Waals surface area (Å²) in [5.41, 5.74) is 1.30. The van der Waals surface area contributed by atoms with Gasteiger partial charge in [0.05, 0.1) is 19.8 Å². The molecule has 136 valence electrons. The van der Waals surface area contributed by atoms with Crippen LogP contribution in [0.25, 0.3) is 0 Å². The molecule has 0 aliphatic carbocycles. The van der Waals surface area contributed by atoms with Crippen LogP contribution in [-0.2, 0) is 11.3 Å². The zero-order valence-corrected chi connectivity index (χ0v) is 17.6. The van der Waals surface area contributed by atoms with E-state index in [4.69, 9.17) is 9.73 Å². The van der Waals surface area contributed by atoms with E-state index in [-0.39, 0.29) is 29.5 Å². The van der Waals surface area contributed by atoms with E-state index in [0.29, 0.717) is 6.54 Å². The predicted octanol–water partition coefficient (Wildman–Crippen LogP) is 2.42. The van der Waals surface area contributed by atoms with E-state index in [2.05, 4.69) is 48.3 Å². The van der Waals surface area contributed by atoms with Crippen LogP contribution in [0.4, 0.5) is 0 Å². The van der Waals surface area contributed by atoms with Crippen LogP contribution in [0.1, 0.15) is 19.4 Å². The lowest BCUT2D eigenvalue weighted by molar-refractivity contribution is -0.00844. The number of rotatable bonds is 5. The van der Waals surface area contributed by atoms with Crippen molar-refractivity contribution in [2.75, 3.05) is 46.9 Å². The van der Waals surface area contributed by atoms with Gasteiger partial charge in [0.25, 0.3) is 0 Å². The van der Waals surface area contributed by atoms with E-state index in [1.807, 2.05) is 25.1 Å². The largest absolute Gasteiger partial charge is 0.379 e. The molecular weight excluding hydrogens is 415 g/mol. The Morgan fingerprint density at radius 3 is 2.42 bits per heavy atom. The van der Waals surface area contributed by atoms with E-state index < -0.39 is 0 Å². The predicted molar refractivity (Wildman–Crippen MR) is 111 cm³/mol. The van der Waals surface area contributed by atoms with Crippen LogP contribution in [0.5, 0.6) is 0 Å². The second kappa shape index (κ2) is 10.2. The summed E-state index contributed by atoms with van der Waals surface area (Å²) in [5.74, 6) is 0.926. The minimum Gasteiger partial charge on any atom is -0.379 e. The molecule has 1 fully saturated rings. The molecule has 1 aromatic rings. The molecule has 5 nitrogen and oxygen atoms in total. The van der Waals surface area contributed by atoms with Crippen molar-refractivity contribution in [3.05, 3.63) is 35.9 Å². The van der Waals surface area contributed by atoms with Crippen LogP contribution < -0.4 is 5.32 Å². The Balaban J connectivity index is 0.00000288. The van der Waals surface area contributed by atoms with Crippen LogP contribution in [-0.4, -0.2) is 68.2 Å². The van der Waals surface area contributed by atoms with E-state index in [9.17, 15) is 0 Å². The van der Waals surface area contributed by atoms with Crippen LogP contribution in [0, 0.1) is 0 Å². The van der Waals surface area contributed by atoms with Crippen molar-refractivity contribution in [2.45, 2.75) is 25.9 Å². The molecule has 0 unspecified atom stereocenters. The maximum atomic E-state index is 5.45. The van der Waals surface area contributed by atoms with E-state index in [1.165, 1.54) is 5.56 Å². The van der Waals surface area contributed by atoms with Gasteiger partial charge >= 0.3 is 0 Å². The summed E-state index contributed by atoms with van der Waals surface area (Å²) >= 11 is 0. The van der Waals surface area contributed by atoms with Crippen LogP contribution in [0.3, 0.4) is 0 Å². The third-order valence-corrected chi connectivity index (χ3v) is 4.22. The second-order valence-corrected chi connectivity index (χ2v) is 6.79. The quantitative estimate of drug-likeness (QED) is 0.429. The summed E-state index contributed by atoms with van der Waals surface area (Å²) in [6, 6.07) is 10.3. The van der Waals surface area contributed by atoms with Gasteiger partial charge in [-0.3, -0.25) is 4.90 Å². The van der Waals surface area contributed by atoms with Gasteiger partial charge in [-0.2, -0.15) is 0 Å². The van der Waals surface area contributed by atoms with Crippen molar-refractivity contribution in [3.63, 3.8) is 0 Å². The molecule has 0 radical (unpaired) electrons. The smallest absolute Gasteiger partial charge is 0.193 e.